The zero-order valence-electron chi connectivity index (χ0n) is 39.7. The smallest absolute Gasteiger partial charge is 0.466 e. The molecular formula is C49H56Br2N4O11S2. The van der Waals surface area contributed by atoms with E-state index in [1.807, 2.05) is 118 Å². The number of benzene rings is 4. The summed E-state index contributed by atoms with van der Waals surface area (Å²) in [5, 5.41) is 4.56. The van der Waals surface area contributed by atoms with Gasteiger partial charge in [0.05, 0.1) is 29.4 Å². The molecule has 0 saturated carbocycles. The fraction of sp³-hybridized carbons (Fsp3) is 0.327. The zero-order chi connectivity index (χ0) is 50.2. The highest BCUT2D eigenvalue weighted by Gasteiger charge is 2.24. The lowest BCUT2D eigenvalue weighted by molar-refractivity contribution is -0.0294. The number of hydrogen-bond acceptors (Lipinski definition) is 16. The van der Waals surface area contributed by atoms with Crippen LogP contribution in [0, 0.1) is 0 Å². The number of carbonyl (C=O) groups is 3. The number of carbonyl (C=O) groups excluding carboxylic acids is 3. The fourth-order valence-electron chi connectivity index (χ4n) is 5.21. The van der Waals surface area contributed by atoms with E-state index in [2.05, 4.69) is 51.9 Å². The van der Waals surface area contributed by atoms with Crippen molar-refractivity contribution < 1.29 is 52.3 Å². The van der Waals surface area contributed by atoms with E-state index in [-0.39, 0.29) is 13.6 Å². The fourth-order valence-corrected chi connectivity index (χ4v) is 7.94. The Morgan fingerprint density at radius 1 is 0.603 bits per heavy atom. The summed E-state index contributed by atoms with van der Waals surface area (Å²) in [6.07, 6.45) is 5.37. The number of halogens is 2. The Hall–Kier alpha value is -5.57. The third-order valence-corrected chi connectivity index (χ3v) is 11.1. The van der Waals surface area contributed by atoms with Crippen molar-refractivity contribution in [2.75, 3.05) is 38.9 Å². The highest BCUT2D eigenvalue weighted by atomic mass is 79.9. The summed E-state index contributed by atoms with van der Waals surface area (Å²) >= 11 is 10.2. The number of anilines is 2. The molecule has 0 aliphatic rings. The van der Waals surface area contributed by atoms with Gasteiger partial charge >= 0.3 is 18.4 Å². The molecule has 0 radical (unpaired) electrons. The van der Waals surface area contributed by atoms with E-state index >= 15 is 0 Å². The first-order valence-electron chi connectivity index (χ1n) is 20.8. The van der Waals surface area contributed by atoms with E-state index in [1.54, 1.807) is 78.4 Å². The van der Waals surface area contributed by atoms with Crippen molar-refractivity contribution in [1.29, 1.82) is 0 Å². The van der Waals surface area contributed by atoms with E-state index in [1.165, 1.54) is 0 Å². The van der Waals surface area contributed by atoms with E-state index in [9.17, 15) is 14.4 Å². The number of ether oxygens (including phenoxy) is 8. The minimum atomic E-state index is -1.06. The number of aromatic nitrogens is 2. The number of nitrogens with one attached hydrogen (secondary N) is 1. The maximum absolute atomic E-state index is 12.0. The molecule has 364 valence electrons. The SMILES string of the molecule is CC(C)(C)OC(=O)OC(=O)OC(C)(C)C.COCOc1ccc(/C=C/c2nc3cc(N)ccc3s2)cc1Br.COCOc1ccc(/C=C/c2nc3cc(NC(=O)OC(C)(C)C)ccc3s2)cc1Br. The van der Waals surface area contributed by atoms with Gasteiger partial charge in [-0.15, -0.1) is 22.7 Å². The van der Waals surface area contributed by atoms with Gasteiger partial charge in [-0.3, -0.25) is 5.32 Å². The van der Waals surface area contributed by atoms with E-state index in [0.29, 0.717) is 5.69 Å². The predicted octanol–water partition coefficient (Wildman–Crippen LogP) is 14.2. The first-order valence-corrected chi connectivity index (χ1v) is 24.0. The van der Waals surface area contributed by atoms with Gasteiger partial charge in [-0.1, -0.05) is 24.3 Å². The first kappa shape index (κ1) is 55.0. The van der Waals surface area contributed by atoms with Crippen LogP contribution in [0.1, 0.15) is 83.5 Å². The predicted molar refractivity (Wildman–Crippen MR) is 278 cm³/mol. The second-order valence-corrected chi connectivity index (χ2v) is 21.2. The largest absolute Gasteiger partial charge is 0.519 e. The molecule has 0 saturated heterocycles. The van der Waals surface area contributed by atoms with Crippen LogP contribution in [0.15, 0.2) is 81.7 Å². The second-order valence-electron chi connectivity index (χ2n) is 17.3. The van der Waals surface area contributed by atoms with Crippen LogP contribution in [0.4, 0.5) is 25.8 Å². The molecule has 6 aromatic rings. The van der Waals surface area contributed by atoms with Gasteiger partial charge < -0.3 is 43.6 Å². The van der Waals surface area contributed by atoms with E-state index in [4.69, 9.17) is 38.9 Å². The van der Waals surface area contributed by atoms with Crippen molar-refractivity contribution in [3.05, 3.63) is 103 Å². The molecule has 3 N–H and O–H groups in total. The van der Waals surface area contributed by atoms with Crippen LogP contribution in [0.5, 0.6) is 11.5 Å². The Morgan fingerprint density at radius 2 is 1.04 bits per heavy atom. The van der Waals surface area contributed by atoms with Gasteiger partial charge in [-0.05, 0) is 178 Å². The van der Waals surface area contributed by atoms with Gasteiger partial charge in [0.15, 0.2) is 13.6 Å². The Kier molecular flexibility index (Phi) is 20.4. The molecule has 1 amide bonds. The summed E-state index contributed by atoms with van der Waals surface area (Å²) < 4.78 is 43.7. The maximum Gasteiger partial charge on any atom is 0.519 e. The third-order valence-electron chi connectivity index (χ3n) is 7.84. The van der Waals surface area contributed by atoms with Crippen LogP contribution >= 0.6 is 54.5 Å². The van der Waals surface area contributed by atoms with Gasteiger partial charge in [0.2, 0.25) is 0 Å². The molecule has 19 heteroatoms. The second kappa shape index (κ2) is 25.2. The van der Waals surface area contributed by atoms with Gasteiger partial charge in [-0.25, -0.2) is 24.4 Å². The van der Waals surface area contributed by atoms with E-state index < -0.39 is 35.2 Å². The molecule has 2 heterocycles. The van der Waals surface area contributed by atoms with Crippen molar-refractivity contribution in [3.8, 4) is 11.5 Å². The number of nitrogen functional groups attached to an aromatic ring is 1. The molecule has 4 aromatic carbocycles. The third kappa shape index (κ3) is 20.0. The molecule has 0 fully saturated rings. The number of thiazole rings is 2. The molecule has 0 unspecified atom stereocenters. The van der Waals surface area contributed by atoms with Gasteiger partial charge in [0.1, 0.15) is 38.3 Å². The molecule has 6 rings (SSSR count). The number of fused-ring (bicyclic) bond motifs is 2. The number of hydrogen-bond donors (Lipinski definition) is 2. The van der Waals surface area contributed by atoms with Crippen LogP contribution in [0.2, 0.25) is 0 Å². The zero-order valence-corrected chi connectivity index (χ0v) is 44.5. The number of nitrogens with two attached hydrogens (primary N) is 1. The lowest BCUT2D eigenvalue weighted by Crippen LogP contribution is -2.29. The van der Waals surface area contributed by atoms with Crippen molar-refractivity contribution in [2.45, 2.75) is 79.1 Å². The monoisotopic (exact) mass is 1100 g/mol. The summed E-state index contributed by atoms with van der Waals surface area (Å²) in [6.45, 7) is 15.9. The van der Waals surface area contributed by atoms with Crippen molar-refractivity contribution in [2.24, 2.45) is 0 Å². The van der Waals surface area contributed by atoms with Crippen LogP contribution < -0.4 is 20.5 Å². The Morgan fingerprint density at radius 3 is 1.47 bits per heavy atom. The van der Waals surface area contributed by atoms with Crippen molar-refractivity contribution >= 4 is 129 Å². The average molecular weight is 1100 g/mol. The van der Waals surface area contributed by atoms with Crippen molar-refractivity contribution in [1.82, 2.24) is 9.97 Å². The number of methoxy groups -OCH3 is 2. The quantitative estimate of drug-likeness (QED) is 0.0410. The molecule has 2 aromatic heterocycles. The molecular weight excluding hydrogens is 1040 g/mol. The molecule has 0 spiro atoms. The minimum Gasteiger partial charge on any atom is -0.466 e. The summed E-state index contributed by atoms with van der Waals surface area (Å²) in [6, 6.07) is 23.1. The topological polar surface area (TPSA) is 189 Å². The summed E-state index contributed by atoms with van der Waals surface area (Å²) in [7, 11) is 3.18. The normalized spacial score (nSPS) is 11.7. The number of rotatable bonds is 11. The maximum atomic E-state index is 12.0. The van der Waals surface area contributed by atoms with Crippen LogP contribution in [0.25, 0.3) is 44.7 Å². The number of amides is 1. The molecule has 15 nitrogen and oxygen atoms in total. The molecule has 0 aliphatic carbocycles. The standard InChI is InChI=1S/C22H23BrN2O4S.C17H15BrN2O2S.C10H18O5/c1-22(2,3)29-21(26)24-15-7-9-19-17(12-15)25-20(30-19)10-6-14-5-8-18(16(23)11-14)28-13-27-4;1-21-10-22-15-5-2-11(8-13(15)18)3-7-17-20-14-9-12(19)4-6-16(14)23-17;1-9(2,3)14-7(11)13-8(12)15-10(4,5)6/h5-12H,13H2,1-4H3,(H,24,26);2-9H,10,19H2,1H3;1-6H3/b10-6+;7-3+;. The average Bonchev–Trinajstić information content (AvgIpc) is 3.82. The molecule has 0 bridgehead atoms. The molecule has 0 aliphatic heterocycles. The Balaban J connectivity index is 0.000000236. The lowest BCUT2D eigenvalue weighted by Gasteiger charge is -2.20. The van der Waals surface area contributed by atoms with Gasteiger partial charge in [0, 0.05) is 25.6 Å². The minimum absolute atomic E-state index is 0.199. The summed E-state index contributed by atoms with van der Waals surface area (Å²) in [4.78, 5) is 43.2. The summed E-state index contributed by atoms with van der Waals surface area (Å²) in [5.41, 5.74) is 9.04. The van der Waals surface area contributed by atoms with Crippen LogP contribution in [-0.2, 0) is 28.4 Å². The highest BCUT2D eigenvalue weighted by Crippen LogP contribution is 2.31. The summed E-state index contributed by atoms with van der Waals surface area (Å²) in [5.74, 6) is 1.47. The number of nitrogens with zero attached hydrogens (tertiary/aromatic N) is 2. The van der Waals surface area contributed by atoms with E-state index in [0.717, 1.165) is 67.7 Å². The molecule has 0 atom stereocenters. The van der Waals surface area contributed by atoms with Crippen LogP contribution in [0.3, 0.4) is 0 Å². The van der Waals surface area contributed by atoms with Crippen LogP contribution in [-0.4, -0.2) is 73.0 Å². The van der Waals surface area contributed by atoms with Crippen molar-refractivity contribution in [3.63, 3.8) is 0 Å². The Bertz CT molecular complexity index is 2690. The lowest BCUT2D eigenvalue weighted by atomic mass is 10.2. The highest BCUT2D eigenvalue weighted by molar-refractivity contribution is 9.11. The van der Waals surface area contributed by atoms with Gasteiger partial charge in [0.25, 0.3) is 0 Å². The van der Waals surface area contributed by atoms with Gasteiger partial charge in [-0.2, -0.15) is 0 Å². The first-order chi connectivity index (χ1) is 31.9. The molecule has 68 heavy (non-hydrogen) atoms. The Labute approximate surface area is 421 Å².